The Hall–Kier alpha value is -0.340. The fourth-order valence-electron chi connectivity index (χ4n) is 3.11. The smallest absolute Gasteiger partial charge is 0.264 e. The van der Waals surface area contributed by atoms with Gasteiger partial charge in [-0.25, -0.2) is 0 Å². The molecule has 0 aliphatic carbocycles. The van der Waals surface area contributed by atoms with Crippen molar-refractivity contribution in [1.29, 1.82) is 0 Å². The predicted octanol–water partition coefficient (Wildman–Crippen LogP) is 4.69. The molecule has 0 spiro atoms. The van der Waals surface area contributed by atoms with Gasteiger partial charge in [-0.2, -0.15) is 8.42 Å². The van der Waals surface area contributed by atoms with Gasteiger partial charge in [0.2, 0.25) is 0 Å². The molecule has 0 aromatic heterocycles. The predicted molar refractivity (Wildman–Crippen MR) is 103 cm³/mol. The Balaban J connectivity index is 2.75. The second kappa shape index (κ2) is 7.70. The molecule has 23 heavy (non-hydrogen) atoms. The van der Waals surface area contributed by atoms with Crippen molar-refractivity contribution in [2.24, 2.45) is 5.41 Å². The largest absolute Gasteiger partial charge is 0.494 e. The lowest BCUT2D eigenvalue weighted by atomic mass is 9.70. The lowest BCUT2D eigenvalue weighted by Crippen LogP contribution is -2.32. The van der Waals surface area contributed by atoms with Crippen LogP contribution in [-0.2, 0) is 10.1 Å². The lowest BCUT2D eigenvalue weighted by molar-refractivity contribution is 0.285. The Morgan fingerprint density at radius 1 is 1.13 bits per heavy atom. The zero-order valence-electron chi connectivity index (χ0n) is 14.5. The normalized spacial score (nSPS) is 14.6. The van der Waals surface area contributed by atoms with Crippen molar-refractivity contribution >= 4 is 32.7 Å². The van der Waals surface area contributed by atoms with Crippen molar-refractivity contribution in [3.8, 4) is 5.75 Å². The Bertz CT molecular complexity index is 581. The first-order valence-electron chi connectivity index (χ1n) is 7.67. The average molecular weight is 454 g/mol. The summed E-state index contributed by atoms with van der Waals surface area (Å²) in [6.07, 6.45) is 0.270. The van der Waals surface area contributed by atoms with Crippen LogP contribution >= 0.6 is 22.6 Å². The molecule has 0 amide bonds. The minimum absolute atomic E-state index is 0.119. The van der Waals surface area contributed by atoms with Crippen LogP contribution in [0.1, 0.15) is 52.5 Å². The monoisotopic (exact) mass is 454 g/mol. The summed E-state index contributed by atoms with van der Waals surface area (Å²) in [5.74, 6) is 0.826. The molecular formula is C17H27IO4S. The zero-order chi connectivity index (χ0) is 17.9. The van der Waals surface area contributed by atoms with E-state index in [0.717, 1.165) is 0 Å². The van der Waals surface area contributed by atoms with E-state index in [9.17, 15) is 8.42 Å². The molecule has 0 saturated carbocycles. The minimum Gasteiger partial charge on any atom is -0.494 e. The highest BCUT2D eigenvalue weighted by molar-refractivity contribution is 14.1. The van der Waals surface area contributed by atoms with Crippen molar-refractivity contribution in [3.63, 3.8) is 0 Å². The highest BCUT2D eigenvalue weighted by Gasteiger charge is 2.37. The maximum atomic E-state index is 10.6. The third-order valence-corrected chi connectivity index (χ3v) is 5.01. The van der Waals surface area contributed by atoms with Crippen molar-refractivity contribution in [2.75, 3.05) is 12.4 Å². The van der Waals surface area contributed by atoms with Gasteiger partial charge in [-0.1, -0.05) is 69.3 Å². The fourth-order valence-corrected chi connectivity index (χ4v) is 4.89. The van der Waals surface area contributed by atoms with E-state index in [1.54, 1.807) is 0 Å². The molecular weight excluding hydrogens is 427 g/mol. The van der Waals surface area contributed by atoms with Gasteiger partial charge >= 0.3 is 0 Å². The molecule has 0 aliphatic heterocycles. The number of hydrogen-bond donors (Lipinski definition) is 1. The molecule has 1 rings (SSSR count). The van der Waals surface area contributed by atoms with Gasteiger partial charge in [0.15, 0.2) is 0 Å². The molecule has 0 bridgehead atoms. The standard InChI is InChI=1S/C17H27IO4S/c1-16(2,3)15(17(4,5)18)13-7-9-14(10-8-13)22-11-6-12-23(19,20)21/h7-10,15H,6,11-12H2,1-5H3,(H,19,20,21). The van der Waals surface area contributed by atoms with Crippen LogP contribution in [0.3, 0.4) is 0 Å². The van der Waals surface area contributed by atoms with Crippen LogP contribution in [0.4, 0.5) is 0 Å². The Kier molecular flexibility index (Phi) is 6.93. The van der Waals surface area contributed by atoms with Gasteiger partial charge in [0, 0.05) is 9.34 Å². The Morgan fingerprint density at radius 3 is 2.04 bits per heavy atom. The third-order valence-electron chi connectivity index (χ3n) is 3.58. The molecule has 6 heteroatoms. The second-order valence-electron chi connectivity index (χ2n) is 7.42. The van der Waals surface area contributed by atoms with E-state index in [-0.39, 0.29) is 27.6 Å². The average Bonchev–Trinajstić information content (AvgIpc) is 2.32. The van der Waals surface area contributed by atoms with Crippen LogP contribution in [0.25, 0.3) is 0 Å². The number of benzene rings is 1. The van der Waals surface area contributed by atoms with E-state index >= 15 is 0 Å². The molecule has 132 valence electrons. The summed E-state index contributed by atoms with van der Waals surface area (Å²) in [5.41, 5.74) is 1.41. The summed E-state index contributed by atoms with van der Waals surface area (Å²) in [5, 5.41) is 0. The lowest BCUT2D eigenvalue weighted by Gasteiger charge is -2.40. The van der Waals surface area contributed by atoms with Crippen LogP contribution in [0.2, 0.25) is 0 Å². The quantitative estimate of drug-likeness (QED) is 0.281. The van der Waals surface area contributed by atoms with E-state index in [1.165, 1.54) is 5.56 Å². The van der Waals surface area contributed by atoms with E-state index in [4.69, 9.17) is 9.29 Å². The second-order valence-corrected chi connectivity index (χ2v) is 11.8. The summed E-state index contributed by atoms with van der Waals surface area (Å²) < 4.78 is 35.6. The first-order chi connectivity index (χ1) is 10.3. The molecule has 1 atom stereocenters. The maximum Gasteiger partial charge on any atom is 0.264 e. The van der Waals surface area contributed by atoms with Crippen molar-refractivity contribution < 1.29 is 17.7 Å². The van der Waals surface area contributed by atoms with Gasteiger partial charge in [0.1, 0.15) is 5.75 Å². The topological polar surface area (TPSA) is 63.6 Å². The van der Waals surface area contributed by atoms with Crippen LogP contribution in [0, 0.1) is 5.41 Å². The summed E-state index contributed by atoms with van der Waals surface area (Å²) in [4.78, 5) is 0. The Labute approximate surface area is 153 Å². The minimum atomic E-state index is -3.91. The molecule has 4 nitrogen and oxygen atoms in total. The molecule has 0 heterocycles. The number of halogens is 1. The van der Waals surface area contributed by atoms with Gasteiger partial charge in [0.05, 0.1) is 12.4 Å². The van der Waals surface area contributed by atoms with Crippen molar-refractivity contribution in [3.05, 3.63) is 29.8 Å². The highest BCUT2D eigenvalue weighted by Crippen LogP contribution is 2.47. The van der Waals surface area contributed by atoms with Crippen LogP contribution < -0.4 is 4.74 Å². The number of hydrogen-bond acceptors (Lipinski definition) is 3. The summed E-state index contributed by atoms with van der Waals surface area (Å²) in [6, 6.07) is 8.00. The summed E-state index contributed by atoms with van der Waals surface area (Å²) >= 11 is 2.50. The van der Waals surface area contributed by atoms with Crippen LogP contribution in [0.15, 0.2) is 24.3 Å². The zero-order valence-corrected chi connectivity index (χ0v) is 17.4. The molecule has 1 aromatic rings. The molecule has 0 radical (unpaired) electrons. The van der Waals surface area contributed by atoms with E-state index in [1.807, 2.05) is 12.1 Å². The van der Waals surface area contributed by atoms with Crippen molar-refractivity contribution in [1.82, 2.24) is 0 Å². The van der Waals surface area contributed by atoms with Crippen LogP contribution in [-0.4, -0.2) is 28.8 Å². The molecule has 0 fully saturated rings. The van der Waals surface area contributed by atoms with Gasteiger partial charge in [-0.15, -0.1) is 0 Å². The molecule has 1 unspecified atom stereocenters. The van der Waals surface area contributed by atoms with E-state index in [2.05, 4.69) is 69.3 Å². The van der Waals surface area contributed by atoms with E-state index < -0.39 is 10.1 Å². The molecule has 0 aliphatic rings. The summed E-state index contributed by atoms with van der Waals surface area (Å²) in [6.45, 7) is 11.5. The number of rotatable bonds is 7. The SMILES string of the molecule is CC(C)(C)C(c1ccc(OCCCS(=O)(=O)O)cc1)C(C)(C)I. The first kappa shape index (κ1) is 20.7. The third kappa shape index (κ3) is 7.39. The van der Waals surface area contributed by atoms with Gasteiger partial charge < -0.3 is 4.74 Å². The van der Waals surface area contributed by atoms with Gasteiger partial charge in [0.25, 0.3) is 10.1 Å². The molecule has 0 saturated heterocycles. The first-order valence-corrected chi connectivity index (χ1v) is 10.4. The number of alkyl halides is 1. The molecule has 1 aromatic carbocycles. The number of ether oxygens (including phenoxy) is 1. The van der Waals surface area contributed by atoms with Gasteiger partial charge in [-0.05, 0) is 29.5 Å². The van der Waals surface area contributed by atoms with Gasteiger partial charge in [-0.3, -0.25) is 4.55 Å². The fraction of sp³-hybridized carbons (Fsp3) is 0.647. The van der Waals surface area contributed by atoms with E-state index in [0.29, 0.717) is 11.7 Å². The summed E-state index contributed by atoms with van der Waals surface area (Å²) in [7, 11) is -3.91. The Morgan fingerprint density at radius 2 is 1.65 bits per heavy atom. The highest BCUT2D eigenvalue weighted by atomic mass is 127. The van der Waals surface area contributed by atoms with Crippen LogP contribution in [0.5, 0.6) is 5.75 Å². The van der Waals surface area contributed by atoms with Crippen molar-refractivity contribution in [2.45, 2.75) is 50.4 Å². The molecule has 1 N–H and O–H groups in total. The maximum absolute atomic E-state index is 10.6.